The van der Waals surface area contributed by atoms with Crippen molar-refractivity contribution in [2.24, 2.45) is 5.73 Å². The van der Waals surface area contributed by atoms with E-state index in [4.69, 9.17) is 10.5 Å². The molecule has 1 aromatic carbocycles. The summed E-state index contributed by atoms with van der Waals surface area (Å²) in [6.45, 7) is 7.15. The monoisotopic (exact) mass is 262 g/mol. The summed E-state index contributed by atoms with van der Waals surface area (Å²) in [7, 11) is 0. The second kappa shape index (κ2) is 6.92. The molecule has 0 aliphatic carbocycles. The van der Waals surface area contributed by atoms with Crippen molar-refractivity contribution in [1.82, 2.24) is 4.90 Å². The van der Waals surface area contributed by atoms with Crippen LogP contribution in [0.15, 0.2) is 24.3 Å². The van der Waals surface area contributed by atoms with Gasteiger partial charge in [0.15, 0.2) is 0 Å². The first-order chi connectivity index (χ1) is 9.20. The number of benzene rings is 1. The Hall–Kier alpha value is -1.06. The molecule has 0 spiro atoms. The van der Waals surface area contributed by atoms with Crippen molar-refractivity contribution in [2.45, 2.75) is 45.2 Å². The van der Waals surface area contributed by atoms with Crippen LogP contribution in [0, 0.1) is 0 Å². The minimum absolute atomic E-state index is 0.0937. The molecule has 0 amide bonds. The normalized spacial score (nSPS) is 22.2. The van der Waals surface area contributed by atoms with Gasteiger partial charge in [-0.05, 0) is 50.9 Å². The molecular weight excluding hydrogens is 236 g/mol. The van der Waals surface area contributed by atoms with Gasteiger partial charge in [0.2, 0.25) is 0 Å². The van der Waals surface area contributed by atoms with E-state index in [1.807, 2.05) is 19.1 Å². The van der Waals surface area contributed by atoms with Gasteiger partial charge in [-0.1, -0.05) is 18.6 Å². The summed E-state index contributed by atoms with van der Waals surface area (Å²) in [6.07, 6.45) is 3.96. The van der Waals surface area contributed by atoms with Crippen LogP contribution in [-0.4, -0.2) is 30.6 Å². The Morgan fingerprint density at radius 3 is 2.68 bits per heavy atom. The summed E-state index contributed by atoms with van der Waals surface area (Å²) in [4.78, 5) is 2.52. The predicted molar refractivity (Wildman–Crippen MR) is 79.4 cm³/mol. The lowest BCUT2D eigenvalue weighted by atomic mass is 10.0. The summed E-state index contributed by atoms with van der Waals surface area (Å²) in [6, 6.07) is 8.96. The van der Waals surface area contributed by atoms with Gasteiger partial charge in [-0.25, -0.2) is 0 Å². The number of rotatable bonds is 5. The van der Waals surface area contributed by atoms with Crippen LogP contribution < -0.4 is 10.5 Å². The molecule has 2 N–H and O–H groups in total. The quantitative estimate of drug-likeness (QED) is 0.886. The van der Waals surface area contributed by atoms with E-state index in [1.165, 1.54) is 31.4 Å². The van der Waals surface area contributed by atoms with Gasteiger partial charge in [0.25, 0.3) is 0 Å². The first-order valence-electron chi connectivity index (χ1n) is 7.43. The van der Waals surface area contributed by atoms with Crippen LogP contribution in [0.25, 0.3) is 0 Å². The van der Waals surface area contributed by atoms with Gasteiger partial charge in [0.1, 0.15) is 5.75 Å². The highest BCUT2D eigenvalue weighted by Crippen LogP contribution is 2.21. The number of hydrogen-bond acceptors (Lipinski definition) is 3. The number of piperidine rings is 1. The lowest BCUT2D eigenvalue weighted by Gasteiger charge is -2.35. The average Bonchev–Trinajstić information content (AvgIpc) is 2.42. The van der Waals surface area contributed by atoms with E-state index >= 15 is 0 Å². The lowest BCUT2D eigenvalue weighted by molar-refractivity contribution is 0.151. The van der Waals surface area contributed by atoms with Gasteiger partial charge >= 0.3 is 0 Å². The molecule has 0 radical (unpaired) electrons. The molecule has 1 heterocycles. The van der Waals surface area contributed by atoms with E-state index in [9.17, 15) is 0 Å². The standard InChI is InChI=1S/C16H26N2O/c1-3-19-15-9-7-14(8-10-15)16(17)12-18-11-5-4-6-13(18)2/h7-10,13,16H,3-6,11-12,17H2,1-2H3. The Labute approximate surface area is 116 Å². The molecular formula is C16H26N2O. The Morgan fingerprint density at radius 1 is 1.32 bits per heavy atom. The van der Waals surface area contributed by atoms with Crippen molar-refractivity contribution in [3.8, 4) is 5.75 Å². The fourth-order valence-corrected chi connectivity index (χ4v) is 2.76. The number of nitrogens with zero attached hydrogens (tertiary/aromatic N) is 1. The highest BCUT2D eigenvalue weighted by Gasteiger charge is 2.20. The molecule has 1 aliphatic heterocycles. The van der Waals surface area contributed by atoms with Crippen LogP contribution >= 0.6 is 0 Å². The zero-order chi connectivity index (χ0) is 13.7. The Morgan fingerprint density at radius 2 is 2.05 bits per heavy atom. The second-order valence-corrected chi connectivity index (χ2v) is 5.45. The third-order valence-electron chi connectivity index (χ3n) is 3.99. The van der Waals surface area contributed by atoms with E-state index in [0.717, 1.165) is 12.3 Å². The van der Waals surface area contributed by atoms with Crippen molar-refractivity contribution < 1.29 is 4.74 Å². The molecule has 3 nitrogen and oxygen atoms in total. The van der Waals surface area contributed by atoms with Gasteiger partial charge in [0, 0.05) is 18.6 Å². The topological polar surface area (TPSA) is 38.5 Å². The fraction of sp³-hybridized carbons (Fsp3) is 0.625. The van der Waals surface area contributed by atoms with Gasteiger partial charge in [-0.15, -0.1) is 0 Å². The number of nitrogens with two attached hydrogens (primary N) is 1. The smallest absolute Gasteiger partial charge is 0.119 e. The molecule has 1 aromatic rings. The molecule has 19 heavy (non-hydrogen) atoms. The summed E-state index contributed by atoms with van der Waals surface area (Å²) in [5.41, 5.74) is 7.53. The van der Waals surface area contributed by atoms with E-state index in [-0.39, 0.29) is 6.04 Å². The van der Waals surface area contributed by atoms with E-state index in [1.54, 1.807) is 0 Å². The largest absolute Gasteiger partial charge is 0.494 e. The molecule has 2 unspecified atom stereocenters. The molecule has 0 bridgehead atoms. The van der Waals surface area contributed by atoms with Crippen LogP contribution in [0.5, 0.6) is 5.75 Å². The Bertz CT molecular complexity index is 377. The zero-order valence-corrected chi connectivity index (χ0v) is 12.1. The minimum atomic E-state index is 0.0937. The van der Waals surface area contributed by atoms with Gasteiger partial charge < -0.3 is 10.5 Å². The minimum Gasteiger partial charge on any atom is -0.494 e. The van der Waals surface area contributed by atoms with Crippen LogP contribution in [0.4, 0.5) is 0 Å². The highest BCUT2D eigenvalue weighted by molar-refractivity contribution is 5.29. The average molecular weight is 262 g/mol. The Balaban J connectivity index is 1.93. The fourth-order valence-electron chi connectivity index (χ4n) is 2.76. The van der Waals surface area contributed by atoms with Crippen LogP contribution in [0.1, 0.15) is 44.7 Å². The zero-order valence-electron chi connectivity index (χ0n) is 12.1. The second-order valence-electron chi connectivity index (χ2n) is 5.45. The maximum Gasteiger partial charge on any atom is 0.119 e. The van der Waals surface area contributed by atoms with Crippen LogP contribution in [0.3, 0.4) is 0 Å². The van der Waals surface area contributed by atoms with Crippen molar-refractivity contribution >= 4 is 0 Å². The molecule has 1 saturated heterocycles. The molecule has 3 heteroatoms. The first kappa shape index (κ1) is 14.4. The predicted octanol–water partition coefficient (Wildman–Crippen LogP) is 2.96. The third-order valence-corrected chi connectivity index (χ3v) is 3.99. The molecule has 2 rings (SSSR count). The Kier molecular flexibility index (Phi) is 5.23. The van der Waals surface area contributed by atoms with Crippen LogP contribution in [0.2, 0.25) is 0 Å². The summed E-state index contributed by atoms with van der Waals surface area (Å²) >= 11 is 0. The SMILES string of the molecule is CCOc1ccc(C(N)CN2CCCCC2C)cc1. The molecule has 2 atom stereocenters. The molecule has 106 valence electrons. The van der Waals surface area contributed by atoms with Gasteiger partial charge in [-0.2, -0.15) is 0 Å². The molecule has 0 aromatic heterocycles. The summed E-state index contributed by atoms with van der Waals surface area (Å²) < 4.78 is 5.46. The van der Waals surface area contributed by atoms with Crippen LogP contribution in [-0.2, 0) is 0 Å². The first-order valence-corrected chi connectivity index (χ1v) is 7.43. The van der Waals surface area contributed by atoms with Crippen molar-refractivity contribution in [2.75, 3.05) is 19.7 Å². The molecule has 0 saturated carbocycles. The third kappa shape index (κ3) is 3.95. The maximum absolute atomic E-state index is 6.33. The lowest BCUT2D eigenvalue weighted by Crippen LogP contribution is -2.41. The van der Waals surface area contributed by atoms with Gasteiger partial charge in [0.05, 0.1) is 6.61 Å². The molecule has 1 aliphatic rings. The van der Waals surface area contributed by atoms with E-state index in [2.05, 4.69) is 24.0 Å². The van der Waals surface area contributed by atoms with Gasteiger partial charge in [-0.3, -0.25) is 4.90 Å². The molecule has 1 fully saturated rings. The summed E-state index contributed by atoms with van der Waals surface area (Å²) in [5.74, 6) is 0.921. The maximum atomic E-state index is 6.33. The number of likely N-dealkylation sites (tertiary alicyclic amines) is 1. The number of ether oxygens (including phenoxy) is 1. The van der Waals surface area contributed by atoms with Crippen molar-refractivity contribution in [3.63, 3.8) is 0 Å². The van der Waals surface area contributed by atoms with E-state index < -0.39 is 0 Å². The highest BCUT2D eigenvalue weighted by atomic mass is 16.5. The van der Waals surface area contributed by atoms with E-state index in [0.29, 0.717) is 12.6 Å². The van der Waals surface area contributed by atoms with Crippen molar-refractivity contribution in [1.29, 1.82) is 0 Å². The number of hydrogen-bond donors (Lipinski definition) is 1. The summed E-state index contributed by atoms with van der Waals surface area (Å²) in [5, 5.41) is 0. The van der Waals surface area contributed by atoms with Crippen molar-refractivity contribution in [3.05, 3.63) is 29.8 Å².